The number of aryl methyl sites for hydroxylation is 1. The molecule has 0 spiro atoms. The van der Waals surface area contributed by atoms with Crippen molar-refractivity contribution in [2.24, 2.45) is 5.73 Å². The average Bonchev–Trinajstić information content (AvgIpc) is 2.49. The highest BCUT2D eigenvalue weighted by molar-refractivity contribution is 5.85. The molecule has 1 heterocycles. The van der Waals surface area contributed by atoms with E-state index in [0.29, 0.717) is 12.6 Å². The zero-order chi connectivity index (χ0) is 9.84. The number of hydrogen-bond donors (Lipinski definition) is 1. The fourth-order valence-electron chi connectivity index (χ4n) is 1.57. The molecule has 1 rings (SSSR count). The van der Waals surface area contributed by atoms with Crippen LogP contribution in [-0.2, 0) is 6.54 Å². The van der Waals surface area contributed by atoms with Crippen LogP contribution in [0.3, 0.4) is 0 Å². The smallest absolute Gasteiger partial charge is 0.0638 e. The van der Waals surface area contributed by atoms with Crippen molar-refractivity contribution < 1.29 is 0 Å². The van der Waals surface area contributed by atoms with E-state index >= 15 is 0 Å². The van der Waals surface area contributed by atoms with Gasteiger partial charge in [-0.2, -0.15) is 5.10 Å². The van der Waals surface area contributed by atoms with Crippen LogP contribution in [0, 0.1) is 6.92 Å². The first-order valence-electron chi connectivity index (χ1n) is 4.97. The van der Waals surface area contributed by atoms with Gasteiger partial charge in [0.25, 0.3) is 0 Å². The van der Waals surface area contributed by atoms with Gasteiger partial charge in [-0.3, -0.25) is 4.68 Å². The summed E-state index contributed by atoms with van der Waals surface area (Å²) in [7, 11) is 0. The lowest BCUT2D eigenvalue weighted by atomic mass is 10.2. The van der Waals surface area contributed by atoms with Gasteiger partial charge in [0.05, 0.1) is 11.7 Å². The summed E-state index contributed by atoms with van der Waals surface area (Å²) in [5.41, 5.74) is 7.82. The van der Waals surface area contributed by atoms with Gasteiger partial charge >= 0.3 is 0 Å². The van der Waals surface area contributed by atoms with Crippen LogP contribution in [-0.4, -0.2) is 9.78 Å². The van der Waals surface area contributed by atoms with Gasteiger partial charge in [-0.15, -0.1) is 12.4 Å². The highest BCUT2D eigenvalue weighted by Crippen LogP contribution is 2.16. The van der Waals surface area contributed by atoms with Gasteiger partial charge in [0.2, 0.25) is 0 Å². The minimum absolute atomic E-state index is 0. The Labute approximate surface area is 92.1 Å². The number of aromatic nitrogens is 2. The van der Waals surface area contributed by atoms with Crippen LogP contribution >= 0.6 is 12.4 Å². The Kier molecular flexibility index (Phi) is 5.81. The Morgan fingerprint density at radius 3 is 2.36 bits per heavy atom. The Balaban J connectivity index is 0.00000169. The largest absolute Gasteiger partial charge is 0.326 e. The van der Waals surface area contributed by atoms with E-state index in [1.54, 1.807) is 0 Å². The summed E-state index contributed by atoms with van der Waals surface area (Å²) >= 11 is 0. The summed E-state index contributed by atoms with van der Waals surface area (Å²) in [5, 5.41) is 4.46. The maximum absolute atomic E-state index is 5.59. The summed E-state index contributed by atoms with van der Waals surface area (Å²) in [6.07, 6.45) is 4.33. The normalized spacial score (nSPS) is 10.4. The van der Waals surface area contributed by atoms with Crippen LogP contribution in [0.4, 0.5) is 0 Å². The number of rotatable bonds is 4. The molecule has 0 saturated heterocycles. The monoisotopic (exact) mass is 217 g/mol. The van der Waals surface area contributed by atoms with Crippen molar-refractivity contribution in [3.05, 3.63) is 17.5 Å². The van der Waals surface area contributed by atoms with E-state index in [-0.39, 0.29) is 12.4 Å². The molecule has 0 aliphatic rings. The van der Waals surface area contributed by atoms with Crippen molar-refractivity contribution in [1.82, 2.24) is 9.78 Å². The van der Waals surface area contributed by atoms with Crippen LogP contribution in [0.15, 0.2) is 6.20 Å². The van der Waals surface area contributed by atoms with Crippen molar-refractivity contribution in [3.8, 4) is 0 Å². The molecule has 4 heteroatoms. The predicted molar refractivity (Wildman–Crippen MR) is 61.7 cm³/mol. The molecule has 0 fully saturated rings. The van der Waals surface area contributed by atoms with Gasteiger partial charge < -0.3 is 5.73 Å². The molecule has 3 nitrogen and oxygen atoms in total. The highest BCUT2D eigenvalue weighted by Gasteiger charge is 2.09. The Morgan fingerprint density at radius 2 is 2.00 bits per heavy atom. The third-order valence-corrected chi connectivity index (χ3v) is 2.55. The van der Waals surface area contributed by atoms with Crippen LogP contribution in [0.2, 0.25) is 0 Å². The SMILES string of the molecule is CCC(CC)n1cc(CN)c(C)n1.Cl. The minimum atomic E-state index is 0. The molecule has 1 aromatic rings. The average molecular weight is 218 g/mol. The molecule has 0 aromatic carbocycles. The lowest BCUT2D eigenvalue weighted by Gasteiger charge is -2.12. The Morgan fingerprint density at radius 1 is 1.43 bits per heavy atom. The lowest BCUT2D eigenvalue weighted by Crippen LogP contribution is -2.07. The van der Waals surface area contributed by atoms with E-state index in [9.17, 15) is 0 Å². The van der Waals surface area contributed by atoms with Crippen molar-refractivity contribution in [1.29, 1.82) is 0 Å². The number of halogens is 1. The second-order valence-corrected chi connectivity index (χ2v) is 3.39. The molecule has 1 aromatic heterocycles. The number of hydrogen-bond acceptors (Lipinski definition) is 2. The lowest BCUT2D eigenvalue weighted by molar-refractivity contribution is 0.426. The summed E-state index contributed by atoms with van der Waals surface area (Å²) in [6, 6.07) is 0.527. The third kappa shape index (κ3) is 2.72. The molecule has 2 N–H and O–H groups in total. The molecule has 0 aliphatic carbocycles. The number of nitrogens with two attached hydrogens (primary N) is 1. The molecule has 0 radical (unpaired) electrons. The molecular formula is C10H20ClN3. The van der Waals surface area contributed by atoms with Gasteiger partial charge in [0, 0.05) is 18.3 Å². The van der Waals surface area contributed by atoms with Crippen LogP contribution < -0.4 is 5.73 Å². The van der Waals surface area contributed by atoms with Crippen molar-refractivity contribution in [2.75, 3.05) is 0 Å². The van der Waals surface area contributed by atoms with Gasteiger partial charge in [-0.05, 0) is 19.8 Å². The molecule has 0 amide bonds. The van der Waals surface area contributed by atoms with E-state index in [4.69, 9.17) is 5.73 Å². The second-order valence-electron chi connectivity index (χ2n) is 3.39. The van der Waals surface area contributed by atoms with Crippen LogP contribution in [0.25, 0.3) is 0 Å². The van der Waals surface area contributed by atoms with Crippen LogP contribution in [0.5, 0.6) is 0 Å². The molecule has 0 atom stereocenters. The molecule has 0 aliphatic heterocycles. The first-order chi connectivity index (χ1) is 6.22. The van der Waals surface area contributed by atoms with Crippen LogP contribution in [0.1, 0.15) is 44.0 Å². The summed E-state index contributed by atoms with van der Waals surface area (Å²) < 4.78 is 2.05. The van der Waals surface area contributed by atoms with E-state index < -0.39 is 0 Å². The van der Waals surface area contributed by atoms with Crippen molar-refractivity contribution in [3.63, 3.8) is 0 Å². The van der Waals surface area contributed by atoms with Crippen molar-refractivity contribution >= 4 is 12.4 Å². The molecular weight excluding hydrogens is 198 g/mol. The first-order valence-corrected chi connectivity index (χ1v) is 4.97. The minimum Gasteiger partial charge on any atom is -0.326 e. The molecule has 0 unspecified atom stereocenters. The van der Waals surface area contributed by atoms with Gasteiger partial charge in [-0.1, -0.05) is 13.8 Å². The maximum Gasteiger partial charge on any atom is 0.0638 e. The van der Waals surface area contributed by atoms with E-state index in [2.05, 4.69) is 29.8 Å². The van der Waals surface area contributed by atoms with E-state index in [0.717, 1.165) is 24.1 Å². The zero-order valence-corrected chi connectivity index (χ0v) is 9.97. The number of nitrogens with zero attached hydrogens (tertiary/aromatic N) is 2. The maximum atomic E-state index is 5.59. The third-order valence-electron chi connectivity index (χ3n) is 2.55. The predicted octanol–water partition coefficient (Wildman–Crippen LogP) is 2.43. The fourth-order valence-corrected chi connectivity index (χ4v) is 1.57. The first kappa shape index (κ1) is 13.5. The quantitative estimate of drug-likeness (QED) is 0.842. The molecule has 0 bridgehead atoms. The summed E-state index contributed by atoms with van der Waals surface area (Å²) in [6.45, 7) is 6.98. The standard InChI is InChI=1S/C10H19N3.ClH/c1-4-10(5-2)13-7-9(6-11)8(3)12-13;/h7,10H,4-6,11H2,1-3H3;1H. The van der Waals surface area contributed by atoms with Gasteiger partial charge in [0.1, 0.15) is 0 Å². The van der Waals surface area contributed by atoms with Gasteiger partial charge in [-0.25, -0.2) is 0 Å². The topological polar surface area (TPSA) is 43.8 Å². The zero-order valence-electron chi connectivity index (χ0n) is 9.16. The molecule has 0 saturated carbocycles. The molecule has 14 heavy (non-hydrogen) atoms. The highest BCUT2D eigenvalue weighted by atomic mass is 35.5. The van der Waals surface area contributed by atoms with Crippen molar-refractivity contribution in [2.45, 2.75) is 46.2 Å². The van der Waals surface area contributed by atoms with Gasteiger partial charge in [0.15, 0.2) is 0 Å². The summed E-state index contributed by atoms with van der Waals surface area (Å²) in [5.74, 6) is 0. The Bertz CT molecular complexity index is 266. The molecule has 82 valence electrons. The van der Waals surface area contributed by atoms with E-state index in [1.165, 1.54) is 0 Å². The van der Waals surface area contributed by atoms with E-state index in [1.807, 2.05) is 6.92 Å². The fraction of sp³-hybridized carbons (Fsp3) is 0.700. The Hall–Kier alpha value is -0.540. The second kappa shape index (κ2) is 6.04. The summed E-state index contributed by atoms with van der Waals surface area (Å²) in [4.78, 5) is 0.